The minimum Gasteiger partial charge on any atom is -0.496 e. The molecule has 0 saturated carbocycles. The molecule has 0 radical (unpaired) electrons. The van der Waals surface area contributed by atoms with Gasteiger partial charge in [-0.1, -0.05) is 12.1 Å². The van der Waals surface area contributed by atoms with Gasteiger partial charge in [-0.3, -0.25) is 0 Å². The molecule has 2 atom stereocenters. The molecule has 1 saturated heterocycles. The Bertz CT molecular complexity index is 532. The number of methoxy groups -OCH3 is 1. The molecule has 21 heavy (non-hydrogen) atoms. The van der Waals surface area contributed by atoms with Crippen molar-refractivity contribution in [2.75, 3.05) is 26.8 Å². The first-order chi connectivity index (χ1) is 10.2. The number of likely N-dealkylation sites (tertiary alicyclic amines) is 1. The lowest BCUT2D eigenvalue weighted by molar-refractivity contribution is 0.195. The summed E-state index contributed by atoms with van der Waals surface area (Å²) >= 11 is 0. The molecule has 1 aliphatic heterocycles. The molecule has 2 N–H and O–H groups in total. The number of amides is 2. The molecule has 1 heterocycles. The van der Waals surface area contributed by atoms with Crippen LogP contribution in [0.25, 0.3) is 0 Å². The molecule has 1 aromatic rings. The fourth-order valence-electron chi connectivity index (χ4n) is 3.37. The first-order valence-electron chi connectivity index (χ1n) is 7.55. The smallest absolute Gasteiger partial charge is 0.317 e. The lowest BCUT2D eigenvalue weighted by Gasteiger charge is -2.21. The zero-order chi connectivity index (χ0) is 14.8. The van der Waals surface area contributed by atoms with E-state index in [9.17, 15) is 4.79 Å². The van der Waals surface area contributed by atoms with Crippen LogP contribution in [-0.4, -0.2) is 42.8 Å². The number of carbonyl (C=O) groups excluding carboxylic acids is 1. The molecule has 1 fully saturated rings. The fraction of sp³-hybridized carbons (Fsp3) is 0.562. The minimum absolute atomic E-state index is 0.0216. The molecule has 2 amide bonds. The molecule has 2 aliphatic rings. The van der Waals surface area contributed by atoms with Crippen molar-refractivity contribution in [1.82, 2.24) is 10.2 Å². The van der Waals surface area contributed by atoms with Crippen molar-refractivity contribution in [3.05, 3.63) is 29.3 Å². The topological polar surface area (TPSA) is 61.8 Å². The Morgan fingerprint density at radius 1 is 1.48 bits per heavy atom. The van der Waals surface area contributed by atoms with E-state index in [1.54, 1.807) is 12.0 Å². The molecule has 1 aromatic carbocycles. The van der Waals surface area contributed by atoms with Gasteiger partial charge in [-0.05, 0) is 36.5 Å². The summed E-state index contributed by atoms with van der Waals surface area (Å²) in [5, 5.41) is 12.3. The monoisotopic (exact) mass is 290 g/mol. The summed E-state index contributed by atoms with van der Waals surface area (Å²) in [6, 6.07) is 6.05. The van der Waals surface area contributed by atoms with E-state index in [-0.39, 0.29) is 24.6 Å². The number of hydrogen-bond acceptors (Lipinski definition) is 3. The van der Waals surface area contributed by atoms with E-state index in [1.807, 2.05) is 12.1 Å². The van der Waals surface area contributed by atoms with Gasteiger partial charge in [0.25, 0.3) is 0 Å². The number of rotatable bonds is 3. The maximum absolute atomic E-state index is 12.3. The number of urea groups is 1. The number of hydrogen-bond donors (Lipinski definition) is 2. The van der Waals surface area contributed by atoms with Crippen LogP contribution >= 0.6 is 0 Å². The van der Waals surface area contributed by atoms with E-state index in [2.05, 4.69) is 11.4 Å². The molecule has 0 bridgehead atoms. The summed E-state index contributed by atoms with van der Waals surface area (Å²) in [5.41, 5.74) is 2.38. The van der Waals surface area contributed by atoms with Crippen LogP contribution in [-0.2, 0) is 6.42 Å². The first kappa shape index (κ1) is 14.2. The van der Waals surface area contributed by atoms with E-state index < -0.39 is 0 Å². The van der Waals surface area contributed by atoms with Crippen LogP contribution in [0.1, 0.15) is 30.0 Å². The second-order valence-electron chi connectivity index (χ2n) is 5.85. The van der Waals surface area contributed by atoms with Gasteiger partial charge in [0, 0.05) is 25.6 Å². The van der Waals surface area contributed by atoms with Crippen LogP contribution in [0.15, 0.2) is 18.2 Å². The fourth-order valence-corrected chi connectivity index (χ4v) is 3.37. The van der Waals surface area contributed by atoms with E-state index in [4.69, 9.17) is 9.84 Å². The largest absolute Gasteiger partial charge is 0.496 e. The van der Waals surface area contributed by atoms with E-state index in [0.717, 1.165) is 31.6 Å². The number of aliphatic hydroxyl groups is 1. The van der Waals surface area contributed by atoms with E-state index >= 15 is 0 Å². The highest BCUT2D eigenvalue weighted by atomic mass is 16.5. The molecule has 5 heteroatoms. The zero-order valence-electron chi connectivity index (χ0n) is 12.3. The third kappa shape index (κ3) is 2.70. The predicted octanol–water partition coefficient (Wildman–Crippen LogP) is 1.71. The van der Waals surface area contributed by atoms with Crippen molar-refractivity contribution >= 4 is 6.03 Å². The highest BCUT2D eigenvalue weighted by Gasteiger charge is 2.30. The number of carbonyl (C=O) groups is 1. The molecular formula is C16H22N2O3. The summed E-state index contributed by atoms with van der Waals surface area (Å²) in [6.45, 7) is 1.54. The third-order valence-corrected chi connectivity index (χ3v) is 4.58. The average molecular weight is 290 g/mol. The summed E-state index contributed by atoms with van der Waals surface area (Å²) in [5.74, 6) is 1.14. The van der Waals surface area contributed by atoms with Crippen molar-refractivity contribution in [2.45, 2.75) is 25.3 Å². The Labute approximate surface area is 124 Å². The van der Waals surface area contributed by atoms with Crippen molar-refractivity contribution < 1.29 is 14.6 Å². The van der Waals surface area contributed by atoms with E-state index in [0.29, 0.717) is 6.54 Å². The summed E-state index contributed by atoms with van der Waals surface area (Å²) in [4.78, 5) is 14.1. The normalized spacial score (nSPS) is 24.0. The highest BCUT2D eigenvalue weighted by Crippen LogP contribution is 2.36. The van der Waals surface area contributed by atoms with Crippen LogP contribution in [0.2, 0.25) is 0 Å². The van der Waals surface area contributed by atoms with Gasteiger partial charge in [0.15, 0.2) is 0 Å². The molecule has 0 spiro atoms. The maximum Gasteiger partial charge on any atom is 0.317 e. The number of aliphatic hydroxyl groups excluding tert-OH is 1. The second kappa shape index (κ2) is 5.93. The maximum atomic E-state index is 12.3. The van der Waals surface area contributed by atoms with Crippen molar-refractivity contribution in [3.8, 4) is 5.75 Å². The number of benzene rings is 1. The van der Waals surface area contributed by atoms with Crippen molar-refractivity contribution in [3.63, 3.8) is 0 Å². The highest BCUT2D eigenvalue weighted by molar-refractivity contribution is 5.75. The quantitative estimate of drug-likeness (QED) is 0.891. The summed E-state index contributed by atoms with van der Waals surface area (Å²) < 4.78 is 5.39. The van der Waals surface area contributed by atoms with Crippen molar-refractivity contribution in [2.24, 2.45) is 5.92 Å². The SMILES string of the molecule is COc1cccc2c1CCC2NC(=O)N1CCC(CO)C1. The molecule has 2 unspecified atom stereocenters. The van der Waals surface area contributed by atoms with Gasteiger partial charge in [0.1, 0.15) is 5.75 Å². The van der Waals surface area contributed by atoms with Crippen molar-refractivity contribution in [1.29, 1.82) is 0 Å². The third-order valence-electron chi connectivity index (χ3n) is 4.58. The number of nitrogens with one attached hydrogen (secondary N) is 1. The zero-order valence-corrected chi connectivity index (χ0v) is 12.3. The van der Waals surface area contributed by atoms with Crippen LogP contribution in [0, 0.1) is 5.92 Å². The van der Waals surface area contributed by atoms with Crippen LogP contribution in [0.5, 0.6) is 5.75 Å². The van der Waals surface area contributed by atoms with Gasteiger partial charge in [0.2, 0.25) is 0 Å². The Kier molecular flexibility index (Phi) is 4.01. The Morgan fingerprint density at radius 3 is 3.05 bits per heavy atom. The molecule has 1 aliphatic carbocycles. The average Bonchev–Trinajstić information content (AvgIpc) is 3.14. The number of nitrogens with zero attached hydrogens (tertiary/aromatic N) is 1. The number of ether oxygens (including phenoxy) is 1. The Morgan fingerprint density at radius 2 is 2.33 bits per heavy atom. The molecule has 0 aromatic heterocycles. The van der Waals surface area contributed by atoms with Gasteiger partial charge in [-0.15, -0.1) is 0 Å². The summed E-state index contributed by atoms with van der Waals surface area (Å²) in [6.07, 6.45) is 2.74. The Hall–Kier alpha value is -1.75. The minimum atomic E-state index is -0.0216. The molecule has 5 nitrogen and oxygen atoms in total. The molecule has 3 rings (SSSR count). The molecule has 114 valence electrons. The van der Waals surface area contributed by atoms with Gasteiger partial charge >= 0.3 is 6.03 Å². The van der Waals surface area contributed by atoms with Gasteiger partial charge < -0.3 is 20.1 Å². The van der Waals surface area contributed by atoms with E-state index in [1.165, 1.54) is 11.1 Å². The van der Waals surface area contributed by atoms with Gasteiger partial charge in [-0.25, -0.2) is 4.79 Å². The lowest BCUT2D eigenvalue weighted by Crippen LogP contribution is -2.40. The van der Waals surface area contributed by atoms with Gasteiger partial charge in [-0.2, -0.15) is 0 Å². The molecular weight excluding hydrogens is 268 g/mol. The summed E-state index contributed by atoms with van der Waals surface area (Å²) in [7, 11) is 1.68. The Balaban J connectivity index is 1.67. The van der Waals surface area contributed by atoms with Crippen LogP contribution in [0.3, 0.4) is 0 Å². The second-order valence-corrected chi connectivity index (χ2v) is 5.85. The number of fused-ring (bicyclic) bond motifs is 1. The van der Waals surface area contributed by atoms with Crippen LogP contribution < -0.4 is 10.1 Å². The van der Waals surface area contributed by atoms with Crippen LogP contribution in [0.4, 0.5) is 4.79 Å². The standard InChI is InChI=1S/C16H22N2O3/c1-21-15-4-2-3-12-13(15)5-6-14(12)17-16(20)18-8-7-11(9-18)10-19/h2-4,11,14,19H,5-10H2,1H3,(H,17,20). The van der Waals surface area contributed by atoms with Gasteiger partial charge in [0.05, 0.1) is 13.2 Å². The predicted molar refractivity (Wildman–Crippen MR) is 79.4 cm³/mol. The first-order valence-corrected chi connectivity index (χ1v) is 7.55. The lowest BCUT2D eigenvalue weighted by atomic mass is 10.1.